The third-order valence-corrected chi connectivity index (χ3v) is 5.52. The Morgan fingerprint density at radius 3 is 2.38 bits per heavy atom. The van der Waals surface area contributed by atoms with Crippen LogP contribution < -0.4 is 10.6 Å². The quantitative estimate of drug-likeness (QED) is 0.641. The molecule has 1 aromatic rings. The second kappa shape index (κ2) is 5.70. The predicted molar refractivity (Wildman–Crippen MR) is 89.2 cm³/mol. The number of benzene rings is 1. The van der Waals surface area contributed by atoms with Crippen LogP contribution in [0.15, 0.2) is 18.2 Å². The van der Waals surface area contributed by atoms with Crippen molar-refractivity contribution in [2.45, 2.75) is 51.9 Å². The average molecular weight is 285 g/mol. The van der Waals surface area contributed by atoms with Crippen molar-refractivity contribution in [3.05, 3.63) is 29.3 Å². The standard InChI is InChI=1S/C18H27N3/c1-14-5-6-15(17(19)20)16(13-14)21-11-9-18(10-12-21)7-3-2-4-8-18/h5-6,13H,2-4,7-12H2,1H3,(H3,19,20). The molecule has 0 atom stereocenters. The van der Waals surface area contributed by atoms with Gasteiger partial charge in [0.05, 0.1) is 0 Å². The van der Waals surface area contributed by atoms with Gasteiger partial charge in [0.2, 0.25) is 0 Å². The summed E-state index contributed by atoms with van der Waals surface area (Å²) in [7, 11) is 0. The maximum atomic E-state index is 7.81. The SMILES string of the molecule is Cc1ccc(C(=N)N)c(N2CCC3(CCCCC3)CC2)c1. The van der Waals surface area contributed by atoms with Gasteiger partial charge < -0.3 is 10.6 Å². The van der Waals surface area contributed by atoms with Gasteiger partial charge in [-0.25, -0.2) is 0 Å². The number of hydrogen-bond acceptors (Lipinski definition) is 2. The van der Waals surface area contributed by atoms with Crippen molar-refractivity contribution in [3.63, 3.8) is 0 Å². The lowest BCUT2D eigenvalue weighted by Gasteiger charge is -2.45. The number of hydrogen-bond donors (Lipinski definition) is 2. The van der Waals surface area contributed by atoms with Crippen LogP contribution in [0.3, 0.4) is 0 Å². The lowest BCUT2D eigenvalue weighted by molar-refractivity contribution is 0.144. The van der Waals surface area contributed by atoms with Crippen LogP contribution in [0.25, 0.3) is 0 Å². The molecule has 1 aliphatic carbocycles. The first-order valence-electron chi connectivity index (χ1n) is 8.30. The number of nitrogen functional groups attached to an aromatic ring is 1. The van der Waals surface area contributed by atoms with E-state index in [1.165, 1.54) is 50.5 Å². The van der Waals surface area contributed by atoms with Crippen molar-refractivity contribution in [3.8, 4) is 0 Å². The summed E-state index contributed by atoms with van der Waals surface area (Å²) in [5.41, 5.74) is 9.68. The normalized spacial score (nSPS) is 21.5. The second-order valence-corrected chi connectivity index (χ2v) is 6.98. The molecule has 2 aliphatic rings. The van der Waals surface area contributed by atoms with Crippen molar-refractivity contribution in [2.24, 2.45) is 11.1 Å². The minimum absolute atomic E-state index is 0.183. The Kier molecular flexibility index (Phi) is 3.92. The molecule has 0 unspecified atom stereocenters. The Hall–Kier alpha value is -1.51. The highest BCUT2D eigenvalue weighted by Gasteiger charge is 2.35. The van der Waals surface area contributed by atoms with Gasteiger partial charge in [0.15, 0.2) is 0 Å². The number of nitrogens with one attached hydrogen (secondary N) is 1. The van der Waals surface area contributed by atoms with Gasteiger partial charge >= 0.3 is 0 Å². The van der Waals surface area contributed by atoms with Crippen LogP contribution in [-0.2, 0) is 0 Å². The zero-order valence-corrected chi connectivity index (χ0v) is 13.1. The Balaban J connectivity index is 1.77. The fourth-order valence-corrected chi connectivity index (χ4v) is 4.15. The molecule has 1 aromatic carbocycles. The number of anilines is 1. The predicted octanol–water partition coefficient (Wildman–Crippen LogP) is 3.83. The van der Waals surface area contributed by atoms with E-state index < -0.39 is 0 Å². The van der Waals surface area contributed by atoms with Crippen LogP contribution in [0, 0.1) is 17.7 Å². The number of nitrogens with zero attached hydrogens (tertiary/aromatic N) is 1. The Labute approximate surface area is 128 Å². The molecule has 1 heterocycles. The van der Waals surface area contributed by atoms with Gasteiger partial charge in [0, 0.05) is 24.3 Å². The molecule has 1 spiro atoms. The first-order valence-corrected chi connectivity index (χ1v) is 8.30. The molecular formula is C18H27N3. The largest absolute Gasteiger partial charge is 0.384 e. The first-order chi connectivity index (χ1) is 10.1. The summed E-state index contributed by atoms with van der Waals surface area (Å²) in [6.45, 7) is 4.34. The highest BCUT2D eigenvalue weighted by Crippen LogP contribution is 2.45. The number of amidine groups is 1. The van der Waals surface area contributed by atoms with E-state index >= 15 is 0 Å². The molecule has 0 aromatic heterocycles. The zero-order valence-electron chi connectivity index (χ0n) is 13.1. The fourth-order valence-electron chi connectivity index (χ4n) is 4.15. The summed E-state index contributed by atoms with van der Waals surface area (Å²) in [5, 5.41) is 7.81. The van der Waals surface area contributed by atoms with E-state index in [0.717, 1.165) is 24.3 Å². The lowest BCUT2D eigenvalue weighted by atomic mass is 9.68. The van der Waals surface area contributed by atoms with Crippen molar-refractivity contribution >= 4 is 11.5 Å². The minimum Gasteiger partial charge on any atom is -0.384 e. The highest BCUT2D eigenvalue weighted by molar-refractivity contribution is 6.00. The molecule has 114 valence electrons. The van der Waals surface area contributed by atoms with E-state index in [1.807, 2.05) is 12.1 Å². The summed E-state index contributed by atoms with van der Waals surface area (Å²) in [6, 6.07) is 6.24. The molecule has 0 radical (unpaired) electrons. The van der Waals surface area contributed by atoms with E-state index in [-0.39, 0.29) is 5.84 Å². The van der Waals surface area contributed by atoms with Crippen LogP contribution in [0.4, 0.5) is 5.69 Å². The number of aryl methyl sites for hydroxylation is 1. The van der Waals surface area contributed by atoms with Crippen molar-refractivity contribution in [1.82, 2.24) is 0 Å². The monoisotopic (exact) mass is 285 g/mol. The molecule has 0 bridgehead atoms. The summed E-state index contributed by atoms with van der Waals surface area (Å²) in [6.07, 6.45) is 9.73. The molecular weight excluding hydrogens is 258 g/mol. The summed E-state index contributed by atoms with van der Waals surface area (Å²) < 4.78 is 0. The van der Waals surface area contributed by atoms with Crippen LogP contribution >= 0.6 is 0 Å². The molecule has 0 amide bonds. The van der Waals surface area contributed by atoms with Gasteiger partial charge in [0.1, 0.15) is 5.84 Å². The molecule has 1 saturated heterocycles. The van der Waals surface area contributed by atoms with Crippen molar-refractivity contribution in [1.29, 1.82) is 5.41 Å². The van der Waals surface area contributed by atoms with E-state index in [0.29, 0.717) is 5.41 Å². The number of piperidine rings is 1. The average Bonchev–Trinajstić information content (AvgIpc) is 2.48. The van der Waals surface area contributed by atoms with Crippen LogP contribution in [0.1, 0.15) is 56.1 Å². The smallest absolute Gasteiger partial charge is 0.124 e. The van der Waals surface area contributed by atoms with Gasteiger partial charge in [0.25, 0.3) is 0 Å². The highest BCUT2D eigenvalue weighted by atomic mass is 15.1. The van der Waals surface area contributed by atoms with Crippen molar-refractivity contribution in [2.75, 3.05) is 18.0 Å². The van der Waals surface area contributed by atoms with Crippen LogP contribution in [0.5, 0.6) is 0 Å². The molecule has 2 fully saturated rings. The van der Waals surface area contributed by atoms with Gasteiger partial charge in [-0.2, -0.15) is 0 Å². The minimum atomic E-state index is 0.183. The van der Waals surface area contributed by atoms with Crippen molar-refractivity contribution < 1.29 is 0 Å². The third-order valence-electron chi connectivity index (χ3n) is 5.52. The third kappa shape index (κ3) is 2.92. The van der Waals surface area contributed by atoms with E-state index in [2.05, 4.69) is 17.9 Å². The Bertz CT molecular complexity index is 519. The molecule has 1 aliphatic heterocycles. The fraction of sp³-hybridized carbons (Fsp3) is 0.611. The Morgan fingerprint density at radius 1 is 1.10 bits per heavy atom. The lowest BCUT2D eigenvalue weighted by Crippen LogP contribution is -2.41. The van der Waals surface area contributed by atoms with Gasteiger partial charge in [-0.15, -0.1) is 0 Å². The second-order valence-electron chi connectivity index (χ2n) is 6.98. The summed E-state index contributed by atoms with van der Waals surface area (Å²) in [4.78, 5) is 2.45. The number of nitrogens with two attached hydrogens (primary N) is 1. The molecule has 3 nitrogen and oxygen atoms in total. The maximum Gasteiger partial charge on any atom is 0.124 e. The zero-order chi connectivity index (χ0) is 14.9. The van der Waals surface area contributed by atoms with Gasteiger partial charge in [-0.3, -0.25) is 5.41 Å². The van der Waals surface area contributed by atoms with Crippen LogP contribution in [0.2, 0.25) is 0 Å². The van der Waals surface area contributed by atoms with Gasteiger partial charge in [-0.1, -0.05) is 25.3 Å². The first kappa shape index (κ1) is 14.4. The molecule has 3 N–H and O–H groups in total. The van der Waals surface area contributed by atoms with Gasteiger partial charge in [-0.05, 0) is 55.7 Å². The molecule has 21 heavy (non-hydrogen) atoms. The maximum absolute atomic E-state index is 7.81. The molecule has 3 rings (SSSR count). The molecule has 1 saturated carbocycles. The summed E-state index contributed by atoms with van der Waals surface area (Å²) in [5.74, 6) is 0.183. The summed E-state index contributed by atoms with van der Waals surface area (Å²) >= 11 is 0. The number of rotatable bonds is 2. The van der Waals surface area contributed by atoms with E-state index in [9.17, 15) is 0 Å². The topological polar surface area (TPSA) is 53.1 Å². The Morgan fingerprint density at radius 2 is 1.76 bits per heavy atom. The van der Waals surface area contributed by atoms with Crippen LogP contribution in [-0.4, -0.2) is 18.9 Å². The van der Waals surface area contributed by atoms with E-state index in [4.69, 9.17) is 11.1 Å². The van der Waals surface area contributed by atoms with E-state index in [1.54, 1.807) is 0 Å². The molecule has 3 heteroatoms.